The molecule has 2 aromatic rings. The lowest BCUT2D eigenvalue weighted by atomic mass is 10.1. The molecule has 6 heteroatoms. The molecule has 0 unspecified atom stereocenters. The van der Waals surface area contributed by atoms with Crippen molar-refractivity contribution in [2.75, 3.05) is 6.54 Å². The van der Waals surface area contributed by atoms with Crippen molar-refractivity contribution in [1.29, 1.82) is 0 Å². The molecule has 1 aromatic carbocycles. The van der Waals surface area contributed by atoms with Crippen LogP contribution in [0.2, 0.25) is 10.2 Å². The van der Waals surface area contributed by atoms with Crippen LogP contribution >= 0.6 is 23.2 Å². The van der Waals surface area contributed by atoms with Crippen molar-refractivity contribution < 1.29 is 4.79 Å². The SMILES string of the molecule is Cc1ccc(C)c(C(=O)NCCCn2nc(C)c(Cl)c2Cl)c1. The summed E-state index contributed by atoms with van der Waals surface area (Å²) < 4.78 is 1.66. The first-order valence-corrected chi connectivity index (χ1v) is 7.89. The van der Waals surface area contributed by atoms with Gasteiger partial charge in [0, 0.05) is 18.7 Å². The summed E-state index contributed by atoms with van der Waals surface area (Å²) in [6, 6.07) is 5.86. The number of aromatic nitrogens is 2. The van der Waals surface area contributed by atoms with Gasteiger partial charge in [-0.15, -0.1) is 0 Å². The van der Waals surface area contributed by atoms with Crippen LogP contribution < -0.4 is 5.32 Å². The number of aryl methyl sites for hydroxylation is 4. The molecule has 0 radical (unpaired) electrons. The van der Waals surface area contributed by atoms with Crippen LogP contribution in [-0.2, 0) is 6.54 Å². The second kappa shape index (κ2) is 7.16. The monoisotopic (exact) mass is 339 g/mol. The molecule has 1 aromatic heterocycles. The van der Waals surface area contributed by atoms with E-state index in [1.807, 2.05) is 39.0 Å². The Labute approximate surface area is 140 Å². The van der Waals surface area contributed by atoms with Crippen LogP contribution in [-0.4, -0.2) is 22.2 Å². The Balaban J connectivity index is 1.87. The molecule has 0 bridgehead atoms. The minimum atomic E-state index is -0.0537. The molecule has 2 rings (SSSR count). The van der Waals surface area contributed by atoms with E-state index in [2.05, 4.69) is 10.4 Å². The highest BCUT2D eigenvalue weighted by Crippen LogP contribution is 2.24. The number of hydrogen-bond acceptors (Lipinski definition) is 2. The van der Waals surface area contributed by atoms with E-state index in [0.717, 1.165) is 23.1 Å². The van der Waals surface area contributed by atoms with Crippen molar-refractivity contribution in [2.24, 2.45) is 0 Å². The van der Waals surface area contributed by atoms with Gasteiger partial charge in [-0.1, -0.05) is 40.9 Å². The zero-order chi connectivity index (χ0) is 16.3. The van der Waals surface area contributed by atoms with E-state index in [1.54, 1.807) is 4.68 Å². The highest BCUT2D eigenvalue weighted by Gasteiger charge is 2.11. The molecule has 0 saturated carbocycles. The number of nitrogens with one attached hydrogen (secondary N) is 1. The molecular formula is C16H19Cl2N3O. The quantitative estimate of drug-likeness (QED) is 0.838. The maximum atomic E-state index is 12.2. The molecule has 1 N–H and O–H groups in total. The summed E-state index contributed by atoms with van der Waals surface area (Å²) in [6.07, 6.45) is 0.730. The van der Waals surface area contributed by atoms with Crippen molar-refractivity contribution in [2.45, 2.75) is 33.7 Å². The number of halogens is 2. The van der Waals surface area contributed by atoms with E-state index in [4.69, 9.17) is 23.2 Å². The highest BCUT2D eigenvalue weighted by molar-refractivity contribution is 6.41. The van der Waals surface area contributed by atoms with Gasteiger partial charge in [-0.05, 0) is 38.8 Å². The molecule has 118 valence electrons. The molecular weight excluding hydrogens is 321 g/mol. The summed E-state index contributed by atoms with van der Waals surface area (Å²) in [5.74, 6) is -0.0537. The summed E-state index contributed by atoms with van der Waals surface area (Å²) in [7, 11) is 0. The van der Waals surface area contributed by atoms with Crippen LogP contribution in [0, 0.1) is 20.8 Å². The van der Waals surface area contributed by atoms with Crippen molar-refractivity contribution in [1.82, 2.24) is 15.1 Å². The number of carbonyl (C=O) groups is 1. The van der Waals surface area contributed by atoms with Gasteiger partial charge in [-0.25, -0.2) is 0 Å². The Morgan fingerprint density at radius 1 is 1.27 bits per heavy atom. The molecule has 0 aliphatic heterocycles. The third kappa shape index (κ3) is 3.81. The zero-order valence-corrected chi connectivity index (χ0v) is 14.4. The summed E-state index contributed by atoms with van der Waals surface area (Å²) in [5.41, 5.74) is 3.48. The van der Waals surface area contributed by atoms with E-state index in [0.29, 0.717) is 29.0 Å². The average Bonchev–Trinajstić information content (AvgIpc) is 2.73. The van der Waals surface area contributed by atoms with Crippen LogP contribution in [0.5, 0.6) is 0 Å². The maximum absolute atomic E-state index is 12.2. The third-order valence-electron chi connectivity index (χ3n) is 3.47. The first kappa shape index (κ1) is 16.8. The number of nitrogens with zero attached hydrogens (tertiary/aromatic N) is 2. The van der Waals surface area contributed by atoms with Gasteiger partial charge >= 0.3 is 0 Å². The minimum Gasteiger partial charge on any atom is -0.352 e. The van der Waals surface area contributed by atoms with Crippen LogP contribution in [0.1, 0.15) is 33.6 Å². The topological polar surface area (TPSA) is 46.9 Å². The third-order valence-corrected chi connectivity index (χ3v) is 4.40. The Kier molecular flexibility index (Phi) is 5.48. The van der Waals surface area contributed by atoms with E-state index in [9.17, 15) is 4.79 Å². The molecule has 0 fully saturated rings. The van der Waals surface area contributed by atoms with Gasteiger partial charge in [0.2, 0.25) is 0 Å². The van der Waals surface area contributed by atoms with Crippen molar-refractivity contribution in [3.05, 3.63) is 50.8 Å². The zero-order valence-electron chi connectivity index (χ0n) is 12.9. The van der Waals surface area contributed by atoms with Gasteiger partial charge in [0.1, 0.15) is 10.2 Å². The van der Waals surface area contributed by atoms with E-state index in [-0.39, 0.29) is 5.91 Å². The number of carbonyl (C=O) groups excluding carboxylic acids is 1. The first-order valence-electron chi connectivity index (χ1n) is 7.14. The largest absolute Gasteiger partial charge is 0.352 e. The predicted molar refractivity (Wildman–Crippen MR) is 89.9 cm³/mol. The predicted octanol–water partition coefficient (Wildman–Crippen LogP) is 3.94. The van der Waals surface area contributed by atoms with Crippen molar-refractivity contribution >= 4 is 29.1 Å². The van der Waals surface area contributed by atoms with Crippen LogP contribution in [0.15, 0.2) is 18.2 Å². The van der Waals surface area contributed by atoms with Crippen molar-refractivity contribution in [3.63, 3.8) is 0 Å². The lowest BCUT2D eigenvalue weighted by Crippen LogP contribution is -2.26. The summed E-state index contributed by atoms with van der Waals surface area (Å²) in [4.78, 5) is 12.2. The van der Waals surface area contributed by atoms with Gasteiger partial charge in [0.05, 0.1) is 5.69 Å². The number of benzene rings is 1. The Bertz CT molecular complexity index is 695. The summed E-state index contributed by atoms with van der Waals surface area (Å²) >= 11 is 12.1. The minimum absolute atomic E-state index is 0.0537. The number of rotatable bonds is 5. The fourth-order valence-corrected chi connectivity index (χ4v) is 2.58. The Morgan fingerprint density at radius 2 is 2.00 bits per heavy atom. The molecule has 0 atom stereocenters. The van der Waals surface area contributed by atoms with Gasteiger partial charge in [-0.2, -0.15) is 5.10 Å². The molecule has 1 heterocycles. The Hall–Kier alpha value is -1.52. The molecule has 4 nitrogen and oxygen atoms in total. The van der Waals surface area contributed by atoms with Gasteiger partial charge in [0.15, 0.2) is 0 Å². The van der Waals surface area contributed by atoms with Crippen molar-refractivity contribution in [3.8, 4) is 0 Å². The Morgan fingerprint density at radius 3 is 2.64 bits per heavy atom. The lowest BCUT2D eigenvalue weighted by Gasteiger charge is -2.09. The maximum Gasteiger partial charge on any atom is 0.251 e. The van der Waals surface area contributed by atoms with Gasteiger partial charge in [0.25, 0.3) is 5.91 Å². The fraction of sp³-hybridized carbons (Fsp3) is 0.375. The molecule has 0 aliphatic carbocycles. The highest BCUT2D eigenvalue weighted by atomic mass is 35.5. The molecule has 0 aliphatic rings. The fourth-order valence-electron chi connectivity index (χ4n) is 2.19. The lowest BCUT2D eigenvalue weighted by molar-refractivity contribution is 0.0952. The average molecular weight is 340 g/mol. The number of hydrogen-bond donors (Lipinski definition) is 1. The number of amides is 1. The van der Waals surface area contributed by atoms with Gasteiger partial charge in [-0.3, -0.25) is 9.48 Å². The van der Waals surface area contributed by atoms with Gasteiger partial charge < -0.3 is 5.32 Å². The second-order valence-corrected chi connectivity index (χ2v) is 6.08. The van der Waals surface area contributed by atoms with E-state index in [1.165, 1.54) is 0 Å². The second-order valence-electron chi connectivity index (χ2n) is 5.34. The normalized spacial score (nSPS) is 10.8. The van der Waals surface area contributed by atoms with Crippen LogP contribution in [0.25, 0.3) is 0 Å². The van der Waals surface area contributed by atoms with E-state index >= 15 is 0 Å². The molecule has 1 amide bonds. The summed E-state index contributed by atoms with van der Waals surface area (Å²) in [5, 5.41) is 8.10. The molecule has 0 spiro atoms. The van der Waals surface area contributed by atoms with Crippen LogP contribution in [0.3, 0.4) is 0 Å². The smallest absolute Gasteiger partial charge is 0.251 e. The first-order chi connectivity index (χ1) is 10.4. The van der Waals surface area contributed by atoms with Crippen LogP contribution in [0.4, 0.5) is 0 Å². The molecule has 22 heavy (non-hydrogen) atoms. The standard InChI is InChI=1S/C16H19Cl2N3O/c1-10-5-6-11(2)13(9-10)16(22)19-7-4-8-21-15(18)14(17)12(3)20-21/h5-6,9H,4,7-8H2,1-3H3,(H,19,22). The molecule has 0 saturated heterocycles. The summed E-state index contributed by atoms with van der Waals surface area (Å²) in [6.45, 7) is 6.89. The van der Waals surface area contributed by atoms with E-state index < -0.39 is 0 Å².